The van der Waals surface area contributed by atoms with Crippen molar-refractivity contribution in [3.05, 3.63) is 30.1 Å². The first-order valence-corrected chi connectivity index (χ1v) is 11.1. The van der Waals surface area contributed by atoms with E-state index in [0.717, 1.165) is 19.1 Å². The van der Waals surface area contributed by atoms with E-state index in [-0.39, 0.29) is 17.8 Å². The number of halogens is 1. The Morgan fingerprint density at radius 3 is 2.20 bits per heavy atom. The van der Waals surface area contributed by atoms with Crippen LogP contribution in [0.2, 0.25) is 0 Å². The minimum atomic E-state index is 0. The second-order valence-electron chi connectivity index (χ2n) is 7.09. The Kier molecular flexibility index (Phi) is 12.7. The lowest BCUT2D eigenvalue weighted by atomic mass is 10.0. The molecule has 0 bridgehead atoms. The monoisotopic (exact) mass is 385 g/mol. The molecule has 2 heterocycles. The Labute approximate surface area is 165 Å². The van der Waals surface area contributed by atoms with Gasteiger partial charge in [-0.15, -0.1) is 11.8 Å². The van der Waals surface area contributed by atoms with Crippen LogP contribution in [-0.4, -0.2) is 12.4 Å². The zero-order valence-corrected chi connectivity index (χ0v) is 17.7. The van der Waals surface area contributed by atoms with E-state index in [4.69, 9.17) is 4.74 Å². The highest BCUT2D eigenvalue weighted by Gasteiger charge is 2.23. The van der Waals surface area contributed by atoms with E-state index >= 15 is 0 Å². The number of hydrogen-bond acceptors (Lipinski definition) is 2. The topological polar surface area (TPSA) is 13.1 Å². The molecule has 1 fully saturated rings. The van der Waals surface area contributed by atoms with Gasteiger partial charge in [0.15, 0.2) is 12.4 Å². The number of aryl methyl sites for hydroxylation is 1. The maximum atomic E-state index is 6.13. The molecule has 2 nitrogen and oxygen atoms in total. The lowest BCUT2D eigenvalue weighted by Crippen LogP contribution is -3.00. The number of nitrogens with zero attached hydrogens (tertiary/aromatic N) is 1. The van der Waals surface area contributed by atoms with Crippen molar-refractivity contribution >= 4 is 11.8 Å². The molecule has 0 aliphatic carbocycles. The van der Waals surface area contributed by atoms with Crippen LogP contribution in [-0.2, 0) is 11.3 Å². The quantitative estimate of drug-likeness (QED) is 0.429. The number of rotatable bonds is 11. The van der Waals surface area contributed by atoms with E-state index in [1.54, 1.807) is 0 Å². The molecule has 0 radical (unpaired) electrons. The van der Waals surface area contributed by atoms with Crippen LogP contribution in [0.25, 0.3) is 0 Å². The molecular weight excluding hydrogens is 350 g/mol. The molecule has 1 saturated heterocycles. The summed E-state index contributed by atoms with van der Waals surface area (Å²) >= 11 is 1.98. The second kappa shape index (κ2) is 13.9. The zero-order valence-electron chi connectivity index (χ0n) is 16.1. The third-order valence-corrected chi connectivity index (χ3v) is 6.36. The SMILES string of the molecule is CCCCCCCCCCC1COC(c2cc[n+](CC)cc2)SC1.[Cl-]. The maximum Gasteiger partial charge on any atom is 0.169 e. The Morgan fingerprint density at radius 1 is 1.00 bits per heavy atom. The largest absolute Gasteiger partial charge is 1.00 e. The zero-order chi connectivity index (χ0) is 17.0. The van der Waals surface area contributed by atoms with Gasteiger partial charge >= 0.3 is 0 Å². The predicted molar refractivity (Wildman–Crippen MR) is 104 cm³/mol. The predicted octanol–water partition coefficient (Wildman–Crippen LogP) is 2.91. The van der Waals surface area contributed by atoms with Crippen LogP contribution < -0.4 is 17.0 Å². The average molecular weight is 386 g/mol. The van der Waals surface area contributed by atoms with Crippen LogP contribution in [0.5, 0.6) is 0 Å². The Hall–Kier alpha value is -0.250. The van der Waals surface area contributed by atoms with Gasteiger partial charge in [0.25, 0.3) is 0 Å². The van der Waals surface area contributed by atoms with E-state index in [1.165, 1.54) is 69.1 Å². The maximum absolute atomic E-state index is 6.13. The molecule has 1 aliphatic rings. The summed E-state index contributed by atoms with van der Waals surface area (Å²) in [6.07, 6.45) is 17.0. The third-order valence-electron chi connectivity index (χ3n) is 4.99. The first kappa shape index (κ1) is 22.8. The molecule has 1 aromatic rings. The number of pyridine rings is 1. The molecule has 0 spiro atoms. The van der Waals surface area contributed by atoms with Crippen molar-refractivity contribution in [3.63, 3.8) is 0 Å². The number of hydrogen-bond donors (Lipinski definition) is 0. The van der Waals surface area contributed by atoms with Gasteiger partial charge in [-0.1, -0.05) is 58.3 Å². The molecule has 2 rings (SSSR count). The molecule has 2 atom stereocenters. The highest BCUT2D eigenvalue weighted by Crippen LogP contribution is 2.37. The van der Waals surface area contributed by atoms with E-state index in [9.17, 15) is 0 Å². The van der Waals surface area contributed by atoms with Gasteiger partial charge in [-0.25, -0.2) is 4.57 Å². The van der Waals surface area contributed by atoms with Gasteiger partial charge in [-0.3, -0.25) is 0 Å². The summed E-state index contributed by atoms with van der Waals surface area (Å²) in [4.78, 5) is 0. The Bertz CT molecular complexity index is 432. The minimum absolute atomic E-state index is 0. The lowest BCUT2D eigenvalue weighted by molar-refractivity contribution is -0.693. The summed E-state index contributed by atoms with van der Waals surface area (Å²) in [5.74, 6) is 2.01. The van der Waals surface area contributed by atoms with Gasteiger partial charge in [0.05, 0.1) is 6.61 Å². The summed E-state index contributed by atoms with van der Waals surface area (Å²) in [7, 11) is 0. The molecule has 0 amide bonds. The van der Waals surface area contributed by atoms with Crippen molar-refractivity contribution in [3.8, 4) is 0 Å². The second-order valence-corrected chi connectivity index (χ2v) is 8.18. The van der Waals surface area contributed by atoms with E-state index in [0.29, 0.717) is 0 Å². The summed E-state index contributed by atoms with van der Waals surface area (Å²) in [6, 6.07) is 4.42. The highest BCUT2D eigenvalue weighted by molar-refractivity contribution is 7.99. The van der Waals surface area contributed by atoms with Gasteiger partial charge in [0.2, 0.25) is 0 Å². The lowest BCUT2D eigenvalue weighted by Gasteiger charge is -2.28. The minimum Gasteiger partial charge on any atom is -1.00 e. The fraction of sp³-hybridized carbons (Fsp3) is 0.762. The molecule has 25 heavy (non-hydrogen) atoms. The number of ether oxygens (including phenoxy) is 1. The molecule has 1 aromatic heterocycles. The molecule has 0 aromatic carbocycles. The van der Waals surface area contributed by atoms with E-state index in [1.807, 2.05) is 11.8 Å². The summed E-state index contributed by atoms with van der Waals surface area (Å²) in [5, 5.41) is 0. The molecule has 1 aliphatic heterocycles. The molecule has 0 N–H and O–H groups in total. The van der Waals surface area contributed by atoms with Gasteiger partial charge in [0.1, 0.15) is 12.0 Å². The van der Waals surface area contributed by atoms with E-state index < -0.39 is 0 Å². The van der Waals surface area contributed by atoms with Crippen molar-refractivity contribution in [2.45, 2.75) is 83.6 Å². The van der Waals surface area contributed by atoms with Crippen molar-refractivity contribution in [1.82, 2.24) is 0 Å². The van der Waals surface area contributed by atoms with Crippen molar-refractivity contribution in [2.75, 3.05) is 12.4 Å². The average Bonchev–Trinajstić information content (AvgIpc) is 2.64. The van der Waals surface area contributed by atoms with Crippen LogP contribution in [0.1, 0.15) is 82.6 Å². The van der Waals surface area contributed by atoms with Crippen molar-refractivity contribution < 1.29 is 21.7 Å². The van der Waals surface area contributed by atoms with E-state index in [2.05, 4.69) is 42.9 Å². The van der Waals surface area contributed by atoms with Gasteiger partial charge in [-0.05, 0) is 19.3 Å². The van der Waals surface area contributed by atoms with Crippen LogP contribution in [0.4, 0.5) is 0 Å². The number of aromatic nitrogens is 1. The summed E-state index contributed by atoms with van der Waals surface area (Å²) in [6.45, 7) is 6.42. The molecule has 2 unspecified atom stereocenters. The van der Waals surface area contributed by atoms with Gasteiger partial charge in [0, 0.05) is 23.4 Å². The fourth-order valence-electron chi connectivity index (χ4n) is 3.31. The molecule has 4 heteroatoms. The summed E-state index contributed by atoms with van der Waals surface area (Å²) in [5.41, 5.74) is 1.56. The van der Waals surface area contributed by atoms with Crippen LogP contribution >= 0.6 is 11.8 Å². The van der Waals surface area contributed by atoms with Crippen LogP contribution in [0.3, 0.4) is 0 Å². The first-order valence-electron chi connectivity index (χ1n) is 10.1. The normalized spacial score (nSPS) is 20.2. The molecular formula is C21H36ClNOS. The third kappa shape index (κ3) is 8.79. The van der Waals surface area contributed by atoms with Crippen LogP contribution in [0, 0.1) is 5.92 Å². The Morgan fingerprint density at radius 2 is 1.64 bits per heavy atom. The first-order chi connectivity index (χ1) is 11.8. The standard InChI is InChI=1S/C21H36NOS.ClH/c1-3-5-6-7-8-9-10-11-12-19-17-23-21(24-18-19)20-13-15-22(4-2)16-14-20;/h13-16,19,21H,3-12,17-18H2,1-2H3;1H/q+1;/p-1. The number of thioether (sulfide) groups is 1. The fourth-order valence-corrected chi connectivity index (χ4v) is 4.54. The molecule has 144 valence electrons. The van der Waals surface area contributed by atoms with Crippen molar-refractivity contribution in [2.24, 2.45) is 5.92 Å². The number of unbranched alkanes of at least 4 members (excludes halogenated alkanes) is 7. The summed E-state index contributed by atoms with van der Waals surface area (Å²) < 4.78 is 8.32. The van der Waals surface area contributed by atoms with Gasteiger partial charge < -0.3 is 17.1 Å². The smallest absolute Gasteiger partial charge is 0.169 e. The van der Waals surface area contributed by atoms with Crippen LogP contribution in [0.15, 0.2) is 24.5 Å². The van der Waals surface area contributed by atoms with Crippen molar-refractivity contribution in [1.29, 1.82) is 0 Å². The highest BCUT2D eigenvalue weighted by atomic mass is 35.5. The molecule has 0 saturated carbocycles. The Balaban J connectivity index is 0.00000312. The van der Waals surface area contributed by atoms with Gasteiger partial charge in [-0.2, -0.15) is 0 Å².